The van der Waals surface area contributed by atoms with E-state index in [-0.39, 0.29) is 6.29 Å². The Morgan fingerprint density at radius 2 is 1.90 bits per heavy atom. The molecular weight excluding hydrogens is 329 g/mol. The van der Waals surface area contributed by atoms with Crippen LogP contribution in [0.4, 0.5) is 11.4 Å². The van der Waals surface area contributed by atoms with Crippen molar-refractivity contribution in [2.24, 2.45) is 0 Å². The van der Waals surface area contributed by atoms with E-state index in [1.54, 1.807) is 13.2 Å². The van der Waals surface area contributed by atoms with Crippen molar-refractivity contribution in [2.75, 3.05) is 17.7 Å². The Kier molecular flexibility index (Phi) is 4.35. The van der Waals surface area contributed by atoms with E-state index in [0.717, 1.165) is 22.0 Å². The maximum Gasteiger partial charge on any atom is 0.162 e. The highest BCUT2D eigenvalue weighted by molar-refractivity contribution is 7.97. The molecule has 1 heterocycles. The van der Waals surface area contributed by atoms with Gasteiger partial charge in [-0.05, 0) is 42.3 Å². The first kappa shape index (κ1) is 14.7. The van der Waals surface area contributed by atoms with E-state index >= 15 is 0 Å². The molecule has 3 N–H and O–H groups in total. The van der Waals surface area contributed by atoms with Gasteiger partial charge < -0.3 is 15.4 Å². The van der Waals surface area contributed by atoms with Crippen LogP contribution in [-0.2, 0) is 0 Å². The number of anilines is 2. The second-order valence-corrected chi connectivity index (χ2v) is 6.18. The molecule has 2 aromatic carbocycles. The molecule has 0 aromatic heterocycles. The van der Waals surface area contributed by atoms with Crippen molar-refractivity contribution in [1.82, 2.24) is 4.72 Å². The molecule has 1 unspecified atom stereocenters. The molecule has 7 heteroatoms. The number of hydrogen-bond donors (Lipinski definition) is 3. The summed E-state index contributed by atoms with van der Waals surface area (Å²) in [7, 11) is 1.63. The minimum absolute atomic E-state index is 0.140. The summed E-state index contributed by atoms with van der Waals surface area (Å²) in [5.41, 5.74) is 1.87. The predicted molar refractivity (Wildman–Crippen MR) is 89.5 cm³/mol. The molecular formula is C14H13Cl2N3OS. The minimum Gasteiger partial charge on any atom is -0.494 e. The van der Waals surface area contributed by atoms with Gasteiger partial charge in [-0.2, -0.15) is 0 Å². The SMILES string of the molecule is COc1cc(Cl)cc2c1NC(Nc1ccc(Cl)cc1)NS2. The predicted octanol–water partition coefficient (Wildman–Crippen LogP) is 4.42. The summed E-state index contributed by atoms with van der Waals surface area (Å²) in [6, 6.07) is 11.2. The van der Waals surface area contributed by atoms with Gasteiger partial charge in [0.1, 0.15) is 5.75 Å². The fourth-order valence-electron chi connectivity index (χ4n) is 2.02. The highest BCUT2D eigenvalue weighted by Gasteiger charge is 2.21. The molecule has 1 aliphatic heterocycles. The van der Waals surface area contributed by atoms with Crippen LogP contribution < -0.4 is 20.1 Å². The quantitative estimate of drug-likeness (QED) is 0.721. The molecule has 0 fully saturated rings. The van der Waals surface area contributed by atoms with Gasteiger partial charge in [-0.3, -0.25) is 0 Å². The van der Waals surface area contributed by atoms with Crippen molar-refractivity contribution in [3.8, 4) is 5.75 Å². The average molecular weight is 342 g/mol. The fraction of sp³-hybridized carbons (Fsp3) is 0.143. The third-order valence-corrected chi connectivity index (χ3v) is 4.35. The van der Waals surface area contributed by atoms with Crippen molar-refractivity contribution >= 4 is 46.5 Å². The van der Waals surface area contributed by atoms with Crippen LogP contribution in [0.5, 0.6) is 5.75 Å². The van der Waals surface area contributed by atoms with Gasteiger partial charge in [-0.25, -0.2) is 4.72 Å². The van der Waals surface area contributed by atoms with E-state index in [1.807, 2.05) is 30.3 Å². The highest BCUT2D eigenvalue weighted by Crippen LogP contribution is 2.40. The first-order valence-electron chi connectivity index (χ1n) is 6.24. The van der Waals surface area contributed by atoms with Crippen molar-refractivity contribution in [1.29, 1.82) is 0 Å². The Bertz CT molecular complexity index is 634. The van der Waals surface area contributed by atoms with Gasteiger partial charge in [0.25, 0.3) is 0 Å². The smallest absolute Gasteiger partial charge is 0.162 e. The van der Waals surface area contributed by atoms with E-state index in [1.165, 1.54) is 11.9 Å². The lowest BCUT2D eigenvalue weighted by atomic mass is 10.3. The van der Waals surface area contributed by atoms with Crippen molar-refractivity contribution in [3.05, 3.63) is 46.4 Å². The molecule has 0 bridgehead atoms. The maximum absolute atomic E-state index is 6.06. The van der Waals surface area contributed by atoms with Crippen LogP contribution in [0.2, 0.25) is 10.0 Å². The van der Waals surface area contributed by atoms with Gasteiger partial charge in [0, 0.05) is 21.8 Å². The molecule has 0 saturated heterocycles. The van der Waals surface area contributed by atoms with Crippen LogP contribution in [0, 0.1) is 0 Å². The number of fused-ring (bicyclic) bond motifs is 1. The standard InChI is InChI=1S/C14H13Cl2N3OS/c1-20-11-6-9(16)7-12-13(11)18-14(19-21-12)17-10-4-2-8(15)3-5-10/h2-7,14,17-19H,1H3. The van der Waals surface area contributed by atoms with Gasteiger partial charge in [-0.1, -0.05) is 23.2 Å². The highest BCUT2D eigenvalue weighted by atomic mass is 35.5. The molecule has 0 aliphatic carbocycles. The summed E-state index contributed by atoms with van der Waals surface area (Å²) in [6.45, 7) is 0. The van der Waals surface area contributed by atoms with E-state index in [0.29, 0.717) is 10.0 Å². The zero-order chi connectivity index (χ0) is 14.8. The number of ether oxygens (including phenoxy) is 1. The lowest BCUT2D eigenvalue weighted by Crippen LogP contribution is -2.41. The van der Waals surface area contributed by atoms with E-state index in [9.17, 15) is 0 Å². The first-order chi connectivity index (χ1) is 10.2. The first-order valence-corrected chi connectivity index (χ1v) is 7.81. The second kappa shape index (κ2) is 6.23. The Hall–Kier alpha value is -1.27. The second-order valence-electron chi connectivity index (χ2n) is 4.43. The fourth-order valence-corrected chi connectivity index (χ4v) is 3.23. The third kappa shape index (κ3) is 3.32. The van der Waals surface area contributed by atoms with Crippen LogP contribution in [-0.4, -0.2) is 13.4 Å². The molecule has 0 saturated carbocycles. The van der Waals surface area contributed by atoms with Crippen LogP contribution in [0.25, 0.3) is 0 Å². The Morgan fingerprint density at radius 3 is 2.62 bits per heavy atom. The number of benzene rings is 2. The number of nitrogens with one attached hydrogen (secondary N) is 3. The molecule has 1 aliphatic rings. The van der Waals surface area contributed by atoms with E-state index < -0.39 is 0 Å². The lowest BCUT2D eigenvalue weighted by Gasteiger charge is -2.30. The molecule has 4 nitrogen and oxygen atoms in total. The summed E-state index contributed by atoms with van der Waals surface area (Å²) < 4.78 is 8.64. The molecule has 3 rings (SSSR count). The van der Waals surface area contributed by atoms with Gasteiger partial charge in [-0.15, -0.1) is 0 Å². The van der Waals surface area contributed by atoms with Crippen molar-refractivity contribution in [3.63, 3.8) is 0 Å². The third-order valence-electron chi connectivity index (χ3n) is 2.98. The Labute approximate surface area is 137 Å². The van der Waals surface area contributed by atoms with Crippen LogP contribution >= 0.6 is 35.1 Å². The summed E-state index contributed by atoms with van der Waals surface area (Å²) in [6.07, 6.45) is -0.140. The largest absolute Gasteiger partial charge is 0.494 e. The molecule has 2 aromatic rings. The van der Waals surface area contributed by atoms with Gasteiger partial charge >= 0.3 is 0 Å². The van der Waals surface area contributed by atoms with E-state index in [2.05, 4.69) is 15.4 Å². The summed E-state index contributed by atoms with van der Waals surface area (Å²) in [5.74, 6) is 0.717. The Morgan fingerprint density at radius 1 is 1.14 bits per heavy atom. The van der Waals surface area contributed by atoms with Crippen LogP contribution in [0.3, 0.4) is 0 Å². The number of halogens is 2. The normalized spacial score (nSPS) is 16.8. The van der Waals surface area contributed by atoms with Gasteiger partial charge in [0.2, 0.25) is 0 Å². The monoisotopic (exact) mass is 341 g/mol. The minimum atomic E-state index is -0.140. The zero-order valence-corrected chi connectivity index (χ0v) is 13.4. The maximum atomic E-state index is 6.06. The average Bonchev–Trinajstić information content (AvgIpc) is 2.49. The van der Waals surface area contributed by atoms with Crippen molar-refractivity contribution in [2.45, 2.75) is 11.2 Å². The molecule has 0 amide bonds. The van der Waals surface area contributed by atoms with Crippen LogP contribution in [0.1, 0.15) is 0 Å². The number of methoxy groups -OCH3 is 1. The Balaban J connectivity index is 1.79. The molecule has 0 spiro atoms. The molecule has 21 heavy (non-hydrogen) atoms. The summed E-state index contributed by atoms with van der Waals surface area (Å²) in [5, 5.41) is 8.03. The number of rotatable bonds is 3. The topological polar surface area (TPSA) is 45.3 Å². The van der Waals surface area contributed by atoms with Crippen molar-refractivity contribution < 1.29 is 4.74 Å². The summed E-state index contributed by atoms with van der Waals surface area (Å²) in [4.78, 5) is 0.994. The van der Waals surface area contributed by atoms with E-state index in [4.69, 9.17) is 27.9 Å². The van der Waals surface area contributed by atoms with Crippen LogP contribution in [0.15, 0.2) is 41.3 Å². The molecule has 110 valence electrons. The molecule has 0 radical (unpaired) electrons. The van der Waals surface area contributed by atoms with Gasteiger partial charge in [0.15, 0.2) is 6.29 Å². The lowest BCUT2D eigenvalue weighted by molar-refractivity contribution is 0.414. The molecule has 1 atom stereocenters. The summed E-state index contributed by atoms with van der Waals surface area (Å²) >= 11 is 13.4. The zero-order valence-electron chi connectivity index (χ0n) is 11.1. The number of hydrogen-bond acceptors (Lipinski definition) is 5. The van der Waals surface area contributed by atoms with Gasteiger partial charge in [0.05, 0.1) is 17.7 Å².